The number of halogens is 4. The molecule has 182 valence electrons. The monoisotopic (exact) mass is 495 g/mol. The third-order valence-corrected chi connectivity index (χ3v) is 6.44. The first kappa shape index (κ1) is 24.2. The van der Waals surface area contributed by atoms with Gasteiger partial charge in [-0.25, -0.2) is 4.79 Å². The van der Waals surface area contributed by atoms with Gasteiger partial charge in [-0.3, -0.25) is 4.79 Å². The average Bonchev–Trinajstić information content (AvgIpc) is 3.29. The number of hydrogen-bond donors (Lipinski definition) is 1. The van der Waals surface area contributed by atoms with Crippen molar-refractivity contribution in [3.63, 3.8) is 0 Å². The minimum absolute atomic E-state index is 0.0528. The maximum Gasteiger partial charge on any atom is 0.419 e. The van der Waals surface area contributed by atoms with E-state index in [1.165, 1.54) is 17.0 Å². The van der Waals surface area contributed by atoms with Crippen LogP contribution in [0.25, 0.3) is 0 Å². The Bertz CT molecular complexity index is 1060. The molecule has 1 fully saturated rings. The number of urea groups is 1. The van der Waals surface area contributed by atoms with Crippen molar-refractivity contribution in [1.82, 2.24) is 15.1 Å². The highest BCUT2D eigenvalue weighted by molar-refractivity contribution is 6.30. The lowest BCUT2D eigenvalue weighted by Crippen LogP contribution is -2.50. The van der Waals surface area contributed by atoms with Gasteiger partial charge in [0.05, 0.1) is 18.2 Å². The second-order valence-corrected chi connectivity index (χ2v) is 8.97. The van der Waals surface area contributed by atoms with E-state index in [4.69, 9.17) is 16.3 Å². The Morgan fingerprint density at radius 3 is 2.62 bits per heavy atom. The number of ether oxygens (including phenoxy) is 1. The van der Waals surface area contributed by atoms with Crippen molar-refractivity contribution >= 4 is 23.5 Å². The third kappa shape index (κ3) is 5.09. The zero-order valence-corrected chi connectivity index (χ0v) is 19.3. The summed E-state index contributed by atoms with van der Waals surface area (Å²) in [7, 11) is 1.68. The summed E-state index contributed by atoms with van der Waals surface area (Å²) in [5, 5.41) is 3.43. The number of carbonyl (C=O) groups is 2. The standard InChI is InChI=1S/C24H25ClF3N3O3/c1-30(14-15-7-9-16(25)10-8-15)22(32)20-6-3-12-31(20)23(33)29-19-11-13-34-21-17(19)4-2-5-18(21)24(26,27)28/h2,4-5,7-10,19-20H,3,6,11-14H2,1H3,(H,29,33). The Labute approximate surface area is 200 Å². The molecule has 2 aliphatic rings. The number of rotatable bonds is 4. The van der Waals surface area contributed by atoms with E-state index in [-0.39, 0.29) is 23.8 Å². The number of alkyl halides is 3. The molecular formula is C24H25ClF3N3O3. The van der Waals surface area contributed by atoms with Gasteiger partial charge in [-0.15, -0.1) is 0 Å². The van der Waals surface area contributed by atoms with Crippen LogP contribution in [0.15, 0.2) is 42.5 Å². The Hall–Kier alpha value is -2.94. The second kappa shape index (κ2) is 9.74. The molecule has 2 heterocycles. The summed E-state index contributed by atoms with van der Waals surface area (Å²) in [5.74, 6) is -0.433. The van der Waals surface area contributed by atoms with Gasteiger partial charge in [-0.05, 0) is 36.6 Å². The molecule has 0 spiro atoms. The first-order valence-corrected chi connectivity index (χ1v) is 11.4. The quantitative estimate of drug-likeness (QED) is 0.648. The number of likely N-dealkylation sites (N-methyl/N-ethyl adjacent to an activating group) is 1. The molecule has 10 heteroatoms. The van der Waals surface area contributed by atoms with Gasteiger partial charge in [0.15, 0.2) is 0 Å². The Balaban J connectivity index is 1.45. The molecule has 4 rings (SSSR count). The van der Waals surface area contributed by atoms with Gasteiger partial charge >= 0.3 is 12.2 Å². The van der Waals surface area contributed by atoms with Crippen LogP contribution in [-0.2, 0) is 17.5 Å². The molecule has 0 aliphatic carbocycles. The molecule has 2 aromatic rings. The molecule has 0 bridgehead atoms. The first-order chi connectivity index (χ1) is 16.1. The summed E-state index contributed by atoms with van der Waals surface area (Å²) in [6.45, 7) is 0.822. The fraction of sp³-hybridized carbons (Fsp3) is 0.417. The Morgan fingerprint density at radius 2 is 1.91 bits per heavy atom. The van der Waals surface area contributed by atoms with Crippen molar-refractivity contribution in [2.24, 2.45) is 0 Å². The van der Waals surface area contributed by atoms with Gasteiger partial charge in [0.2, 0.25) is 5.91 Å². The molecule has 0 radical (unpaired) electrons. The van der Waals surface area contributed by atoms with Gasteiger partial charge in [0.25, 0.3) is 0 Å². The van der Waals surface area contributed by atoms with Crippen LogP contribution in [-0.4, -0.2) is 48.0 Å². The van der Waals surface area contributed by atoms with E-state index in [1.54, 1.807) is 24.1 Å². The van der Waals surface area contributed by atoms with E-state index >= 15 is 0 Å². The van der Waals surface area contributed by atoms with Crippen LogP contribution in [0.3, 0.4) is 0 Å². The summed E-state index contributed by atoms with van der Waals surface area (Å²) in [4.78, 5) is 29.3. The molecule has 1 N–H and O–H groups in total. The van der Waals surface area contributed by atoms with Gasteiger partial charge in [-0.2, -0.15) is 13.2 Å². The smallest absolute Gasteiger partial charge is 0.419 e. The lowest BCUT2D eigenvalue weighted by molar-refractivity contribution is -0.139. The minimum Gasteiger partial charge on any atom is -0.492 e. The van der Waals surface area contributed by atoms with Crippen LogP contribution < -0.4 is 10.1 Å². The third-order valence-electron chi connectivity index (χ3n) is 6.18. The molecule has 0 aromatic heterocycles. The van der Waals surface area contributed by atoms with Crippen molar-refractivity contribution < 1.29 is 27.5 Å². The highest BCUT2D eigenvalue weighted by Gasteiger charge is 2.40. The molecule has 2 atom stereocenters. The zero-order chi connectivity index (χ0) is 24.5. The number of nitrogens with one attached hydrogen (secondary N) is 1. The van der Waals surface area contributed by atoms with Crippen molar-refractivity contribution in [2.75, 3.05) is 20.2 Å². The average molecular weight is 496 g/mol. The highest BCUT2D eigenvalue weighted by Crippen LogP contribution is 2.42. The van der Waals surface area contributed by atoms with Crippen LogP contribution in [0, 0.1) is 0 Å². The summed E-state index contributed by atoms with van der Waals surface area (Å²) in [6, 6.07) is 9.25. The first-order valence-electron chi connectivity index (χ1n) is 11.0. The molecule has 2 aromatic carbocycles. The number of carbonyl (C=O) groups excluding carboxylic acids is 2. The highest BCUT2D eigenvalue weighted by atomic mass is 35.5. The lowest BCUT2D eigenvalue weighted by atomic mass is 9.97. The van der Waals surface area contributed by atoms with Crippen LogP contribution in [0.1, 0.15) is 42.0 Å². The number of fused-ring (bicyclic) bond motifs is 1. The maximum absolute atomic E-state index is 13.4. The predicted molar refractivity (Wildman–Crippen MR) is 120 cm³/mol. The molecular weight excluding hydrogens is 471 g/mol. The van der Waals surface area contributed by atoms with Crippen LogP contribution in [0.2, 0.25) is 5.02 Å². The zero-order valence-electron chi connectivity index (χ0n) is 18.6. The summed E-state index contributed by atoms with van der Waals surface area (Å²) < 4.78 is 45.5. The molecule has 2 unspecified atom stereocenters. The summed E-state index contributed by atoms with van der Waals surface area (Å²) >= 11 is 5.92. The molecule has 1 saturated heterocycles. The van der Waals surface area contributed by atoms with Gasteiger partial charge < -0.3 is 19.9 Å². The summed E-state index contributed by atoms with van der Waals surface area (Å²) in [6.07, 6.45) is -3.03. The number of para-hydroxylation sites is 1. The van der Waals surface area contributed by atoms with Gasteiger partial charge in [0.1, 0.15) is 11.8 Å². The Morgan fingerprint density at radius 1 is 1.18 bits per heavy atom. The molecule has 6 nitrogen and oxygen atoms in total. The summed E-state index contributed by atoms with van der Waals surface area (Å²) in [5.41, 5.74) is 0.340. The molecule has 2 aliphatic heterocycles. The van der Waals surface area contributed by atoms with E-state index in [1.807, 2.05) is 12.1 Å². The topological polar surface area (TPSA) is 61.9 Å². The van der Waals surface area contributed by atoms with E-state index in [0.29, 0.717) is 37.4 Å². The fourth-order valence-corrected chi connectivity index (χ4v) is 4.62. The fourth-order valence-electron chi connectivity index (χ4n) is 4.49. The van der Waals surface area contributed by atoms with Crippen molar-refractivity contribution in [1.29, 1.82) is 0 Å². The number of hydrogen-bond acceptors (Lipinski definition) is 3. The van der Waals surface area contributed by atoms with Gasteiger partial charge in [0, 0.05) is 37.1 Å². The Kier molecular flexibility index (Phi) is 6.93. The minimum atomic E-state index is -4.56. The van der Waals surface area contributed by atoms with Crippen LogP contribution in [0.5, 0.6) is 5.75 Å². The van der Waals surface area contributed by atoms with Crippen molar-refractivity contribution in [3.8, 4) is 5.75 Å². The molecule has 0 saturated carbocycles. The SMILES string of the molecule is CN(Cc1ccc(Cl)cc1)C(=O)C1CCCN1C(=O)NC1CCOc2c1cccc2C(F)(F)F. The van der Waals surface area contributed by atoms with Crippen LogP contribution >= 0.6 is 11.6 Å². The van der Waals surface area contributed by atoms with Crippen LogP contribution in [0.4, 0.5) is 18.0 Å². The van der Waals surface area contributed by atoms with E-state index in [9.17, 15) is 22.8 Å². The van der Waals surface area contributed by atoms with E-state index in [0.717, 1.165) is 11.6 Å². The maximum atomic E-state index is 13.4. The predicted octanol–water partition coefficient (Wildman–Crippen LogP) is 5.02. The number of benzene rings is 2. The second-order valence-electron chi connectivity index (χ2n) is 8.53. The lowest BCUT2D eigenvalue weighted by Gasteiger charge is -2.32. The molecule has 3 amide bonds. The van der Waals surface area contributed by atoms with Crippen molar-refractivity contribution in [3.05, 3.63) is 64.2 Å². The van der Waals surface area contributed by atoms with E-state index in [2.05, 4.69) is 5.32 Å². The normalized spacial score (nSPS) is 19.9. The number of likely N-dealkylation sites (tertiary alicyclic amines) is 1. The number of nitrogens with zero attached hydrogens (tertiary/aromatic N) is 2. The van der Waals surface area contributed by atoms with Crippen molar-refractivity contribution in [2.45, 2.75) is 44.1 Å². The van der Waals surface area contributed by atoms with E-state index < -0.39 is 29.9 Å². The largest absolute Gasteiger partial charge is 0.492 e. The molecule has 34 heavy (non-hydrogen) atoms. The van der Waals surface area contributed by atoms with Gasteiger partial charge in [-0.1, -0.05) is 35.9 Å². The number of amides is 3.